The molecule has 0 aliphatic carbocycles. The zero-order valence-corrected chi connectivity index (χ0v) is 22.7. The molecular formula is C31H27F3N2O6. The Hall–Kier alpha value is -4.64. The molecule has 1 atom stereocenters. The van der Waals surface area contributed by atoms with E-state index in [1.54, 1.807) is 25.1 Å². The van der Waals surface area contributed by atoms with E-state index >= 15 is 0 Å². The first kappa shape index (κ1) is 28.9. The van der Waals surface area contributed by atoms with Gasteiger partial charge in [-0.05, 0) is 43.2 Å². The first-order chi connectivity index (χ1) is 19.9. The number of ether oxygens (including phenoxy) is 1. The Bertz CT molecular complexity index is 1710. The minimum absolute atomic E-state index is 0.0763. The molecule has 0 amide bonds. The summed E-state index contributed by atoms with van der Waals surface area (Å²) < 4.78 is 48.3. The number of anilines is 2. The maximum atomic E-state index is 13.2. The number of aryl methyl sites for hydroxylation is 1. The van der Waals surface area contributed by atoms with Crippen molar-refractivity contribution in [2.75, 3.05) is 29.9 Å². The van der Waals surface area contributed by atoms with Crippen LogP contribution in [0.3, 0.4) is 0 Å². The van der Waals surface area contributed by atoms with Crippen LogP contribution in [0.4, 0.5) is 24.7 Å². The lowest BCUT2D eigenvalue weighted by Gasteiger charge is -2.49. The number of fused-ring (bicyclic) bond motifs is 1. The zero-order chi connectivity index (χ0) is 30.2. The Morgan fingerprint density at radius 3 is 2.40 bits per heavy atom. The van der Waals surface area contributed by atoms with Gasteiger partial charge in [0, 0.05) is 30.4 Å². The van der Waals surface area contributed by atoms with E-state index in [1.807, 2.05) is 42.2 Å². The molecule has 1 aliphatic rings. The van der Waals surface area contributed by atoms with Crippen LogP contribution < -0.4 is 15.6 Å². The molecule has 42 heavy (non-hydrogen) atoms. The maximum Gasteiger partial charge on any atom is 0.491 e. The molecule has 0 spiro atoms. The Kier molecular flexibility index (Phi) is 7.55. The molecule has 0 bridgehead atoms. The van der Waals surface area contributed by atoms with E-state index in [-0.39, 0.29) is 23.3 Å². The molecule has 8 nitrogen and oxygen atoms in total. The molecule has 0 saturated carbocycles. The van der Waals surface area contributed by atoms with E-state index in [4.69, 9.17) is 4.42 Å². The van der Waals surface area contributed by atoms with Crippen molar-refractivity contribution in [1.29, 1.82) is 0 Å². The van der Waals surface area contributed by atoms with Crippen LogP contribution in [0.1, 0.15) is 40.0 Å². The topological polar surface area (TPSA) is 109 Å². The third-order valence-electron chi connectivity index (χ3n) is 7.38. The van der Waals surface area contributed by atoms with Gasteiger partial charge in [-0.1, -0.05) is 48.5 Å². The second-order valence-electron chi connectivity index (χ2n) is 10.4. The van der Waals surface area contributed by atoms with Crippen LogP contribution >= 0.6 is 0 Å². The van der Waals surface area contributed by atoms with Crippen molar-refractivity contribution in [3.63, 3.8) is 0 Å². The molecule has 1 aromatic heterocycles. The van der Waals surface area contributed by atoms with Gasteiger partial charge < -0.3 is 24.5 Å². The third-order valence-corrected chi connectivity index (χ3v) is 7.38. The largest absolute Gasteiger partial charge is 0.491 e. The average Bonchev–Trinajstić information content (AvgIpc) is 2.93. The van der Waals surface area contributed by atoms with Gasteiger partial charge in [-0.3, -0.25) is 4.79 Å². The summed E-state index contributed by atoms with van der Waals surface area (Å²) in [6, 6.07) is 19.6. The van der Waals surface area contributed by atoms with E-state index in [1.165, 1.54) is 24.3 Å². The molecule has 3 aromatic carbocycles. The zero-order valence-electron chi connectivity index (χ0n) is 22.7. The van der Waals surface area contributed by atoms with Crippen LogP contribution in [0, 0.1) is 6.92 Å². The lowest BCUT2D eigenvalue weighted by Crippen LogP contribution is -2.61. The van der Waals surface area contributed by atoms with Gasteiger partial charge in [0.05, 0.1) is 29.0 Å². The van der Waals surface area contributed by atoms with Crippen molar-refractivity contribution >= 4 is 34.5 Å². The van der Waals surface area contributed by atoms with E-state index in [0.29, 0.717) is 35.5 Å². The molecule has 0 radical (unpaired) electrons. The molecule has 1 fully saturated rings. The first-order valence-electron chi connectivity index (χ1n) is 13.1. The number of aliphatic hydroxyl groups excluding tert-OH is 1. The summed E-state index contributed by atoms with van der Waals surface area (Å²) in [6.45, 7) is 4.33. The van der Waals surface area contributed by atoms with Gasteiger partial charge in [-0.2, -0.15) is 13.2 Å². The third kappa shape index (κ3) is 5.47. The molecule has 2 heterocycles. The van der Waals surface area contributed by atoms with Crippen LogP contribution in [0.2, 0.25) is 0 Å². The van der Waals surface area contributed by atoms with Crippen molar-refractivity contribution in [2.45, 2.75) is 31.5 Å². The maximum absolute atomic E-state index is 13.2. The van der Waals surface area contributed by atoms with Crippen LogP contribution in [0.25, 0.3) is 11.0 Å². The monoisotopic (exact) mass is 580 g/mol. The summed E-state index contributed by atoms with van der Waals surface area (Å²) in [5.74, 6) is -3.74. The highest BCUT2D eigenvalue weighted by Gasteiger charge is 2.45. The predicted octanol–water partition coefficient (Wildman–Crippen LogP) is 5.27. The summed E-state index contributed by atoms with van der Waals surface area (Å²) >= 11 is 0. The Labute approximate surface area is 238 Å². The molecule has 1 unspecified atom stereocenters. The van der Waals surface area contributed by atoms with Crippen LogP contribution in [0.5, 0.6) is 0 Å². The molecule has 4 aromatic rings. The van der Waals surface area contributed by atoms with Gasteiger partial charge >= 0.3 is 18.1 Å². The fraction of sp³-hybridized carbons (Fsp3) is 0.258. The highest BCUT2D eigenvalue weighted by Crippen LogP contribution is 2.39. The smallest absolute Gasteiger partial charge is 0.440 e. The van der Waals surface area contributed by atoms with Gasteiger partial charge in [-0.15, -0.1) is 0 Å². The first-order valence-corrected chi connectivity index (χ1v) is 13.1. The molecule has 5 rings (SSSR count). The fourth-order valence-corrected chi connectivity index (χ4v) is 5.20. The highest BCUT2D eigenvalue weighted by molar-refractivity contribution is 6.02. The van der Waals surface area contributed by atoms with Crippen LogP contribution in [-0.4, -0.2) is 42.9 Å². The van der Waals surface area contributed by atoms with E-state index in [0.717, 1.165) is 11.1 Å². The predicted molar refractivity (Wildman–Crippen MR) is 150 cm³/mol. The number of rotatable bonds is 7. The second kappa shape index (κ2) is 11.0. The number of hydrogen-bond donors (Lipinski definition) is 2. The van der Waals surface area contributed by atoms with Crippen molar-refractivity contribution in [1.82, 2.24) is 0 Å². The number of nitrogens with zero attached hydrogens (tertiary/aromatic N) is 1. The van der Waals surface area contributed by atoms with Crippen molar-refractivity contribution in [3.05, 3.63) is 105 Å². The van der Waals surface area contributed by atoms with Gasteiger partial charge in [0.1, 0.15) is 5.58 Å². The number of benzene rings is 3. The van der Waals surface area contributed by atoms with Gasteiger partial charge in [-0.25, -0.2) is 9.59 Å². The number of aliphatic hydroxyl groups is 1. The average molecular weight is 581 g/mol. The summed E-state index contributed by atoms with van der Waals surface area (Å²) in [5.41, 5.74) is 1.70. The minimum Gasteiger partial charge on any atom is -0.440 e. The lowest BCUT2D eigenvalue weighted by atomic mass is 9.74. The normalized spacial score (nSPS) is 15.1. The number of carbonyl (C=O) groups excluding carboxylic acids is 2. The van der Waals surface area contributed by atoms with Gasteiger partial charge in [0.2, 0.25) is 0 Å². The van der Waals surface area contributed by atoms with Crippen molar-refractivity contribution in [2.24, 2.45) is 0 Å². The highest BCUT2D eigenvalue weighted by atomic mass is 19.4. The number of halogens is 3. The summed E-state index contributed by atoms with van der Waals surface area (Å²) in [6.07, 6.45) is -5.32. The standard InChI is InChI=1S/C31H27F3N2O6/c1-18-12-22(19(2)35-24-11-7-6-10-21(24)28(39)42-29(40)31(32,33)34)27-23(13-18)25(38)14-26(41-27)36-15-30(16-36,17-37)20-8-4-3-5-9-20/h3-14,19,35,37H,15-17H2,1-2H3. The van der Waals surface area contributed by atoms with E-state index < -0.39 is 29.6 Å². The quantitative estimate of drug-likeness (QED) is 0.225. The molecule has 11 heteroatoms. The van der Waals surface area contributed by atoms with E-state index in [9.17, 15) is 32.7 Å². The number of para-hydroxylation sites is 1. The fourth-order valence-electron chi connectivity index (χ4n) is 5.20. The Morgan fingerprint density at radius 1 is 1.07 bits per heavy atom. The molecular weight excluding hydrogens is 553 g/mol. The molecule has 1 aliphatic heterocycles. The summed E-state index contributed by atoms with van der Waals surface area (Å²) in [7, 11) is 0. The van der Waals surface area contributed by atoms with E-state index in [2.05, 4.69) is 10.1 Å². The molecule has 1 saturated heterocycles. The van der Waals surface area contributed by atoms with Crippen LogP contribution in [-0.2, 0) is 14.9 Å². The number of esters is 2. The Balaban J connectivity index is 1.45. The second-order valence-corrected chi connectivity index (χ2v) is 10.4. The van der Waals surface area contributed by atoms with Crippen molar-refractivity contribution < 1.29 is 37.0 Å². The summed E-state index contributed by atoms with van der Waals surface area (Å²) in [5, 5.41) is 13.6. The van der Waals surface area contributed by atoms with Crippen LogP contribution in [0.15, 0.2) is 82.0 Å². The number of carbonyl (C=O) groups is 2. The van der Waals surface area contributed by atoms with Gasteiger partial charge in [0.15, 0.2) is 11.3 Å². The molecule has 218 valence electrons. The SMILES string of the molecule is Cc1cc(C(C)Nc2ccccc2C(=O)OC(=O)C(F)(F)F)c2oc(N3CC(CO)(c4ccccc4)C3)cc(=O)c2c1. The summed E-state index contributed by atoms with van der Waals surface area (Å²) in [4.78, 5) is 38.7. The minimum atomic E-state index is -5.32. The molecule has 2 N–H and O–H groups in total. The Morgan fingerprint density at radius 2 is 1.74 bits per heavy atom. The van der Waals surface area contributed by atoms with Gasteiger partial charge in [0.25, 0.3) is 0 Å². The van der Waals surface area contributed by atoms with Crippen molar-refractivity contribution in [3.8, 4) is 0 Å². The number of hydrogen-bond acceptors (Lipinski definition) is 8. The number of nitrogens with one attached hydrogen (secondary N) is 1. The number of alkyl halides is 3. The lowest BCUT2D eigenvalue weighted by molar-refractivity contribution is -0.193.